The summed E-state index contributed by atoms with van der Waals surface area (Å²) < 4.78 is 33.3. The van der Waals surface area contributed by atoms with E-state index in [-0.39, 0.29) is 5.69 Å². The number of nitrogens with zero attached hydrogens (tertiary/aromatic N) is 2. The highest BCUT2D eigenvalue weighted by molar-refractivity contribution is 5.96. The number of anilines is 1. The lowest BCUT2D eigenvalue weighted by atomic mass is 10.2. The zero-order valence-corrected chi connectivity index (χ0v) is 14.8. The molecule has 0 fully saturated rings. The fraction of sp³-hybridized carbons (Fsp3) is 0.278. The van der Waals surface area contributed by atoms with E-state index < -0.39 is 29.6 Å². The summed E-state index contributed by atoms with van der Waals surface area (Å²) in [6.07, 6.45) is 1.55. The molecule has 0 saturated carbocycles. The number of halogens is 2. The van der Waals surface area contributed by atoms with Gasteiger partial charge in [-0.25, -0.2) is 13.6 Å². The van der Waals surface area contributed by atoms with Crippen LogP contribution in [0.25, 0.3) is 6.08 Å². The monoisotopic (exact) mass is 363 g/mol. The van der Waals surface area contributed by atoms with Gasteiger partial charge in [0, 0.05) is 30.4 Å². The number of aromatic nitrogens is 2. The van der Waals surface area contributed by atoms with Gasteiger partial charge in [0.05, 0.1) is 11.4 Å². The second kappa shape index (κ2) is 7.90. The molecule has 1 atom stereocenters. The normalized spacial score (nSPS) is 12.2. The summed E-state index contributed by atoms with van der Waals surface area (Å²) in [5.41, 5.74) is 2.08. The Labute approximate surface area is 149 Å². The number of nitrogens with one attached hydrogen (secondary N) is 1. The first kappa shape index (κ1) is 19.3. The third-order valence-electron chi connectivity index (χ3n) is 3.80. The molecule has 2 aromatic rings. The lowest BCUT2D eigenvalue weighted by Crippen LogP contribution is -2.29. The second-order valence-electron chi connectivity index (χ2n) is 5.73. The quantitative estimate of drug-likeness (QED) is 0.655. The van der Waals surface area contributed by atoms with Crippen LogP contribution in [-0.2, 0) is 21.4 Å². The Morgan fingerprint density at radius 2 is 2.00 bits per heavy atom. The zero-order chi connectivity index (χ0) is 19.4. The van der Waals surface area contributed by atoms with E-state index in [0.29, 0.717) is 0 Å². The standard InChI is InChI=1S/C18H19F2N3O3/c1-10-14(11(2)23(4)22-10)6-8-17(24)26-12(3)18(25)21-16-9-13(19)5-7-15(16)20/h5-9,12H,1-4H3,(H,21,25)/b8-6+/t12-/m1/s1. The van der Waals surface area contributed by atoms with Crippen LogP contribution in [0, 0.1) is 25.5 Å². The first-order valence-electron chi connectivity index (χ1n) is 7.84. The van der Waals surface area contributed by atoms with Crippen LogP contribution in [0.4, 0.5) is 14.5 Å². The van der Waals surface area contributed by atoms with E-state index in [1.807, 2.05) is 13.8 Å². The average Bonchev–Trinajstić information content (AvgIpc) is 2.81. The zero-order valence-electron chi connectivity index (χ0n) is 14.8. The van der Waals surface area contributed by atoms with E-state index >= 15 is 0 Å². The first-order valence-corrected chi connectivity index (χ1v) is 7.84. The maximum atomic E-state index is 13.5. The van der Waals surface area contributed by atoms with Gasteiger partial charge in [-0.2, -0.15) is 5.10 Å². The van der Waals surface area contributed by atoms with Gasteiger partial charge in [0.1, 0.15) is 11.6 Å². The molecule has 1 aromatic carbocycles. The van der Waals surface area contributed by atoms with Crippen molar-refractivity contribution in [2.24, 2.45) is 7.05 Å². The minimum atomic E-state index is -1.19. The Hall–Kier alpha value is -3.03. The van der Waals surface area contributed by atoms with Crippen LogP contribution >= 0.6 is 0 Å². The van der Waals surface area contributed by atoms with Gasteiger partial charge in [0.15, 0.2) is 6.10 Å². The van der Waals surface area contributed by atoms with Crippen LogP contribution in [0.3, 0.4) is 0 Å². The van der Waals surface area contributed by atoms with E-state index in [1.54, 1.807) is 17.8 Å². The van der Waals surface area contributed by atoms with Crippen molar-refractivity contribution in [3.8, 4) is 0 Å². The molecule has 0 bridgehead atoms. The van der Waals surface area contributed by atoms with Crippen LogP contribution in [0.1, 0.15) is 23.9 Å². The van der Waals surface area contributed by atoms with Crippen molar-refractivity contribution in [1.29, 1.82) is 0 Å². The third kappa shape index (κ3) is 4.53. The topological polar surface area (TPSA) is 73.2 Å². The molecule has 2 rings (SSSR count). The summed E-state index contributed by atoms with van der Waals surface area (Å²) in [5, 5.41) is 6.41. The SMILES string of the molecule is Cc1nn(C)c(C)c1/C=C/C(=O)O[C@H](C)C(=O)Nc1cc(F)ccc1F. The van der Waals surface area contributed by atoms with Gasteiger partial charge in [0.2, 0.25) is 0 Å². The van der Waals surface area contributed by atoms with Crippen LogP contribution in [-0.4, -0.2) is 27.8 Å². The maximum absolute atomic E-state index is 13.5. The molecule has 0 aliphatic carbocycles. The Morgan fingerprint density at radius 3 is 2.62 bits per heavy atom. The van der Waals surface area contributed by atoms with Crippen molar-refractivity contribution in [2.75, 3.05) is 5.32 Å². The molecular weight excluding hydrogens is 344 g/mol. The molecule has 0 radical (unpaired) electrons. The predicted octanol–water partition coefficient (Wildman–Crippen LogP) is 2.90. The summed E-state index contributed by atoms with van der Waals surface area (Å²) in [4.78, 5) is 23.9. The lowest BCUT2D eigenvalue weighted by molar-refractivity contribution is -0.148. The Morgan fingerprint density at radius 1 is 1.31 bits per heavy atom. The van der Waals surface area contributed by atoms with E-state index in [9.17, 15) is 18.4 Å². The number of carbonyl (C=O) groups is 2. The van der Waals surface area contributed by atoms with Crippen molar-refractivity contribution in [2.45, 2.75) is 26.9 Å². The molecule has 1 N–H and O–H groups in total. The maximum Gasteiger partial charge on any atom is 0.331 e. The molecule has 1 heterocycles. The molecule has 1 amide bonds. The van der Waals surface area contributed by atoms with Crippen molar-refractivity contribution in [1.82, 2.24) is 9.78 Å². The van der Waals surface area contributed by atoms with Gasteiger partial charge in [0.25, 0.3) is 5.91 Å². The van der Waals surface area contributed by atoms with Gasteiger partial charge in [-0.3, -0.25) is 9.48 Å². The van der Waals surface area contributed by atoms with Crippen LogP contribution in [0.2, 0.25) is 0 Å². The predicted molar refractivity (Wildman–Crippen MR) is 92.3 cm³/mol. The molecule has 0 aliphatic heterocycles. The van der Waals surface area contributed by atoms with Gasteiger partial charge < -0.3 is 10.1 Å². The number of ether oxygens (including phenoxy) is 1. The Balaban J connectivity index is 1.98. The average molecular weight is 363 g/mol. The number of hydrogen-bond acceptors (Lipinski definition) is 4. The molecule has 138 valence electrons. The molecule has 0 unspecified atom stereocenters. The number of rotatable bonds is 5. The summed E-state index contributed by atoms with van der Waals surface area (Å²) in [6.45, 7) is 5.00. The Kier molecular flexibility index (Phi) is 5.86. The molecule has 1 aromatic heterocycles. The molecule has 26 heavy (non-hydrogen) atoms. The first-order chi connectivity index (χ1) is 12.2. The summed E-state index contributed by atoms with van der Waals surface area (Å²) in [7, 11) is 1.79. The molecule has 8 heteroatoms. The van der Waals surface area contributed by atoms with E-state index in [4.69, 9.17) is 4.74 Å². The number of esters is 1. The van der Waals surface area contributed by atoms with Gasteiger partial charge in [-0.1, -0.05) is 0 Å². The third-order valence-corrected chi connectivity index (χ3v) is 3.80. The van der Waals surface area contributed by atoms with Crippen molar-refractivity contribution in [3.05, 3.63) is 52.9 Å². The lowest BCUT2D eigenvalue weighted by Gasteiger charge is -2.12. The number of hydrogen-bond donors (Lipinski definition) is 1. The number of amides is 1. The second-order valence-corrected chi connectivity index (χ2v) is 5.73. The van der Waals surface area contributed by atoms with Crippen molar-refractivity contribution in [3.63, 3.8) is 0 Å². The van der Waals surface area contributed by atoms with Crippen molar-refractivity contribution < 1.29 is 23.1 Å². The number of carbonyl (C=O) groups excluding carboxylic acids is 2. The highest BCUT2D eigenvalue weighted by Gasteiger charge is 2.18. The fourth-order valence-electron chi connectivity index (χ4n) is 2.28. The molecule has 0 spiro atoms. The summed E-state index contributed by atoms with van der Waals surface area (Å²) >= 11 is 0. The minimum absolute atomic E-state index is 0.324. The highest BCUT2D eigenvalue weighted by atomic mass is 19.1. The minimum Gasteiger partial charge on any atom is -0.449 e. The van der Waals surface area contributed by atoms with Crippen LogP contribution < -0.4 is 5.32 Å². The summed E-state index contributed by atoms with van der Waals surface area (Å²) in [5.74, 6) is -3.00. The highest BCUT2D eigenvalue weighted by Crippen LogP contribution is 2.16. The van der Waals surface area contributed by atoms with E-state index in [2.05, 4.69) is 10.4 Å². The van der Waals surface area contributed by atoms with Crippen LogP contribution in [0.15, 0.2) is 24.3 Å². The number of benzene rings is 1. The van der Waals surface area contributed by atoms with Gasteiger partial charge >= 0.3 is 5.97 Å². The molecule has 0 aliphatic rings. The largest absolute Gasteiger partial charge is 0.449 e. The molecular formula is C18H19F2N3O3. The summed E-state index contributed by atoms with van der Waals surface area (Å²) in [6, 6.07) is 2.67. The van der Waals surface area contributed by atoms with Gasteiger partial charge in [-0.05, 0) is 39.0 Å². The molecule has 6 nitrogen and oxygen atoms in total. The van der Waals surface area contributed by atoms with Gasteiger partial charge in [-0.15, -0.1) is 0 Å². The van der Waals surface area contributed by atoms with E-state index in [0.717, 1.165) is 35.2 Å². The smallest absolute Gasteiger partial charge is 0.331 e. The van der Waals surface area contributed by atoms with Crippen LogP contribution in [0.5, 0.6) is 0 Å². The number of aryl methyl sites for hydroxylation is 2. The Bertz CT molecular complexity index is 875. The van der Waals surface area contributed by atoms with E-state index in [1.165, 1.54) is 13.0 Å². The fourth-order valence-corrected chi connectivity index (χ4v) is 2.28. The molecule has 0 saturated heterocycles. The van der Waals surface area contributed by atoms with Crippen molar-refractivity contribution >= 4 is 23.6 Å².